The van der Waals surface area contributed by atoms with Gasteiger partial charge in [0, 0.05) is 5.75 Å². The van der Waals surface area contributed by atoms with Crippen molar-refractivity contribution in [2.75, 3.05) is 11.5 Å². The van der Waals surface area contributed by atoms with Crippen molar-refractivity contribution >= 4 is 18.0 Å². The molecule has 0 radical (unpaired) electrons. The van der Waals surface area contributed by atoms with E-state index in [1.807, 2.05) is 23.9 Å². The van der Waals surface area contributed by atoms with Gasteiger partial charge in [-0.2, -0.15) is 16.9 Å². The van der Waals surface area contributed by atoms with E-state index in [1.54, 1.807) is 12.5 Å². The van der Waals surface area contributed by atoms with Crippen LogP contribution in [0.25, 0.3) is 0 Å². The fourth-order valence-corrected chi connectivity index (χ4v) is 2.35. The summed E-state index contributed by atoms with van der Waals surface area (Å²) < 4.78 is 5.10. The summed E-state index contributed by atoms with van der Waals surface area (Å²) in [5, 5.41) is 4.11. The van der Waals surface area contributed by atoms with E-state index in [4.69, 9.17) is 4.42 Å². The Labute approximate surface area is 81.6 Å². The van der Waals surface area contributed by atoms with Crippen molar-refractivity contribution in [3.05, 3.63) is 24.2 Å². The second-order valence-electron chi connectivity index (χ2n) is 2.96. The summed E-state index contributed by atoms with van der Waals surface area (Å²) in [5.74, 6) is 3.20. The van der Waals surface area contributed by atoms with Gasteiger partial charge in [0.25, 0.3) is 0 Å². The number of furan rings is 1. The maximum absolute atomic E-state index is 5.10. The summed E-state index contributed by atoms with van der Waals surface area (Å²) in [6, 6.07) is 4.28. The predicted octanol–water partition coefficient (Wildman–Crippen LogP) is 1.71. The molecule has 1 aromatic heterocycles. The molecule has 2 rings (SSSR count). The summed E-state index contributed by atoms with van der Waals surface area (Å²) in [5.41, 5.74) is 3.11. The first-order valence-electron chi connectivity index (χ1n) is 4.35. The quantitative estimate of drug-likeness (QED) is 0.590. The molecule has 13 heavy (non-hydrogen) atoms. The topological polar surface area (TPSA) is 37.5 Å². The number of thioether (sulfide) groups is 1. The first kappa shape index (κ1) is 8.69. The average Bonchev–Trinajstić information content (AvgIpc) is 2.75. The number of nitrogens with zero attached hydrogens (tertiary/aromatic N) is 1. The molecule has 0 spiro atoms. The highest BCUT2D eigenvalue weighted by atomic mass is 32.2. The number of hydrogen-bond donors (Lipinski definition) is 1. The Bertz CT molecular complexity index is 265. The van der Waals surface area contributed by atoms with E-state index in [1.165, 1.54) is 12.2 Å². The van der Waals surface area contributed by atoms with Crippen molar-refractivity contribution in [1.29, 1.82) is 0 Å². The third kappa shape index (κ3) is 2.52. The van der Waals surface area contributed by atoms with Crippen LogP contribution in [0.4, 0.5) is 0 Å². The largest absolute Gasteiger partial charge is 0.463 e. The normalized spacial score (nSPS) is 22.6. The standard InChI is InChI=1S/C9H12N2OS/c1-2-9(12-4-1)6-10-11-8-3-5-13-7-8/h1-2,4,6,8,11H,3,5,7H2/b10-6+. The molecule has 0 aliphatic carbocycles. The molecule has 1 aliphatic rings. The maximum atomic E-state index is 5.10. The molecule has 3 nitrogen and oxygen atoms in total. The van der Waals surface area contributed by atoms with Gasteiger partial charge in [0.2, 0.25) is 0 Å². The van der Waals surface area contributed by atoms with Crippen LogP contribution in [0.5, 0.6) is 0 Å². The molecule has 0 bridgehead atoms. The van der Waals surface area contributed by atoms with Gasteiger partial charge in [-0.25, -0.2) is 0 Å². The monoisotopic (exact) mass is 196 g/mol. The minimum Gasteiger partial charge on any atom is -0.463 e. The van der Waals surface area contributed by atoms with E-state index >= 15 is 0 Å². The summed E-state index contributed by atoms with van der Waals surface area (Å²) in [4.78, 5) is 0. The van der Waals surface area contributed by atoms with Gasteiger partial charge in [-0.3, -0.25) is 0 Å². The van der Waals surface area contributed by atoms with Gasteiger partial charge in [0.1, 0.15) is 5.76 Å². The van der Waals surface area contributed by atoms with Gasteiger partial charge in [-0.15, -0.1) is 0 Å². The molecular weight excluding hydrogens is 184 g/mol. The predicted molar refractivity (Wildman–Crippen MR) is 55.2 cm³/mol. The molecule has 1 aliphatic heterocycles. The first-order chi connectivity index (χ1) is 6.45. The fraction of sp³-hybridized carbons (Fsp3) is 0.444. The van der Waals surface area contributed by atoms with Gasteiger partial charge in [-0.1, -0.05) is 0 Å². The van der Waals surface area contributed by atoms with Crippen molar-refractivity contribution in [2.45, 2.75) is 12.5 Å². The van der Waals surface area contributed by atoms with E-state index < -0.39 is 0 Å². The Hall–Kier alpha value is -0.900. The molecule has 1 unspecified atom stereocenters. The molecule has 0 saturated carbocycles. The zero-order chi connectivity index (χ0) is 8.93. The fourth-order valence-electron chi connectivity index (χ4n) is 1.21. The highest BCUT2D eigenvalue weighted by Gasteiger charge is 2.13. The van der Waals surface area contributed by atoms with E-state index in [2.05, 4.69) is 10.5 Å². The Morgan fingerprint density at radius 1 is 1.69 bits per heavy atom. The van der Waals surface area contributed by atoms with E-state index in [9.17, 15) is 0 Å². The van der Waals surface area contributed by atoms with Gasteiger partial charge in [0.05, 0.1) is 18.5 Å². The van der Waals surface area contributed by atoms with E-state index in [-0.39, 0.29) is 0 Å². The Kier molecular flexibility index (Phi) is 2.92. The zero-order valence-corrected chi connectivity index (χ0v) is 8.09. The van der Waals surface area contributed by atoms with Crippen LogP contribution in [0.2, 0.25) is 0 Å². The Balaban J connectivity index is 1.78. The van der Waals surface area contributed by atoms with Crippen molar-refractivity contribution in [3.63, 3.8) is 0 Å². The highest BCUT2D eigenvalue weighted by molar-refractivity contribution is 7.99. The number of rotatable bonds is 3. The molecular formula is C9H12N2OS. The van der Waals surface area contributed by atoms with Crippen LogP contribution in [-0.4, -0.2) is 23.8 Å². The van der Waals surface area contributed by atoms with E-state index in [0.717, 1.165) is 11.5 Å². The number of hydrazone groups is 1. The van der Waals surface area contributed by atoms with Crippen molar-refractivity contribution in [1.82, 2.24) is 5.43 Å². The zero-order valence-electron chi connectivity index (χ0n) is 7.27. The smallest absolute Gasteiger partial charge is 0.146 e. The second-order valence-corrected chi connectivity index (χ2v) is 4.11. The lowest BCUT2D eigenvalue weighted by Gasteiger charge is -2.05. The third-order valence-electron chi connectivity index (χ3n) is 1.92. The van der Waals surface area contributed by atoms with Crippen LogP contribution in [0, 0.1) is 0 Å². The van der Waals surface area contributed by atoms with E-state index in [0.29, 0.717) is 6.04 Å². The molecule has 1 atom stereocenters. The Morgan fingerprint density at radius 2 is 2.69 bits per heavy atom. The Morgan fingerprint density at radius 3 is 3.38 bits per heavy atom. The van der Waals surface area contributed by atoms with Crippen LogP contribution in [0.3, 0.4) is 0 Å². The third-order valence-corrected chi connectivity index (χ3v) is 3.08. The highest BCUT2D eigenvalue weighted by Crippen LogP contribution is 2.16. The lowest BCUT2D eigenvalue weighted by atomic mass is 10.3. The molecule has 1 saturated heterocycles. The van der Waals surface area contributed by atoms with Gasteiger partial charge >= 0.3 is 0 Å². The first-order valence-corrected chi connectivity index (χ1v) is 5.50. The SMILES string of the molecule is C(=N\NC1CCSC1)/c1ccco1. The molecule has 1 N–H and O–H groups in total. The van der Waals surface area contributed by atoms with Crippen LogP contribution in [0.1, 0.15) is 12.2 Å². The summed E-state index contributed by atoms with van der Waals surface area (Å²) in [6.45, 7) is 0. The van der Waals surface area contributed by atoms with Crippen LogP contribution >= 0.6 is 11.8 Å². The second kappa shape index (κ2) is 4.37. The van der Waals surface area contributed by atoms with Crippen molar-refractivity contribution in [3.8, 4) is 0 Å². The summed E-state index contributed by atoms with van der Waals surface area (Å²) in [6.07, 6.45) is 4.57. The molecule has 2 heterocycles. The van der Waals surface area contributed by atoms with Crippen molar-refractivity contribution in [2.24, 2.45) is 5.10 Å². The summed E-state index contributed by atoms with van der Waals surface area (Å²) in [7, 11) is 0. The number of nitrogens with one attached hydrogen (secondary N) is 1. The molecule has 0 amide bonds. The van der Waals surface area contributed by atoms with Crippen LogP contribution < -0.4 is 5.43 Å². The van der Waals surface area contributed by atoms with Crippen LogP contribution in [0.15, 0.2) is 27.9 Å². The minimum absolute atomic E-state index is 0.538. The number of hydrogen-bond acceptors (Lipinski definition) is 4. The molecule has 1 fully saturated rings. The lowest BCUT2D eigenvalue weighted by Crippen LogP contribution is -2.23. The minimum atomic E-state index is 0.538. The van der Waals surface area contributed by atoms with Gasteiger partial charge in [0.15, 0.2) is 0 Å². The molecule has 70 valence electrons. The average molecular weight is 196 g/mol. The molecule has 1 aromatic rings. The summed E-state index contributed by atoms with van der Waals surface area (Å²) >= 11 is 1.97. The molecule has 4 heteroatoms. The lowest BCUT2D eigenvalue weighted by molar-refractivity contribution is 0.554. The van der Waals surface area contributed by atoms with Crippen LogP contribution in [-0.2, 0) is 0 Å². The van der Waals surface area contributed by atoms with Gasteiger partial charge in [-0.05, 0) is 24.3 Å². The van der Waals surface area contributed by atoms with Crippen molar-refractivity contribution < 1.29 is 4.42 Å². The molecule has 0 aromatic carbocycles. The maximum Gasteiger partial charge on any atom is 0.146 e. The van der Waals surface area contributed by atoms with Gasteiger partial charge < -0.3 is 9.84 Å².